The number of Topliss-reactive ketones (excluding diaryl/α,β-unsaturated/α-hetero) is 1. The Balaban J connectivity index is 3.13. The molecule has 2 N–H and O–H groups in total. The summed E-state index contributed by atoms with van der Waals surface area (Å²) in [6, 6.07) is 6.61. The van der Waals surface area contributed by atoms with E-state index in [1.807, 2.05) is 0 Å². The van der Waals surface area contributed by atoms with Crippen LogP contribution in [0.4, 0.5) is 0 Å². The number of benzene rings is 1. The SMILES string of the molecule is CS(=O)(=O)Cc1ccccc1C(=O)CN. The molecule has 0 saturated heterocycles. The Labute approximate surface area is 89.0 Å². The van der Waals surface area contributed by atoms with Crippen LogP contribution < -0.4 is 5.73 Å². The smallest absolute Gasteiger partial charge is 0.176 e. The quantitative estimate of drug-likeness (QED) is 0.754. The van der Waals surface area contributed by atoms with E-state index in [9.17, 15) is 13.2 Å². The lowest BCUT2D eigenvalue weighted by molar-refractivity contribution is 0.100. The van der Waals surface area contributed by atoms with Crippen LogP contribution in [-0.2, 0) is 15.6 Å². The molecular weight excluding hydrogens is 214 g/mol. The van der Waals surface area contributed by atoms with Crippen molar-refractivity contribution in [2.75, 3.05) is 12.8 Å². The Morgan fingerprint density at radius 1 is 1.33 bits per heavy atom. The fraction of sp³-hybridized carbons (Fsp3) is 0.300. The average Bonchev–Trinajstić information content (AvgIpc) is 2.15. The van der Waals surface area contributed by atoms with E-state index in [0.717, 1.165) is 6.26 Å². The van der Waals surface area contributed by atoms with Gasteiger partial charge in [-0.1, -0.05) is 24.3 Å². The minimum atomic E-state index is -3.13. The normalized spacial score (nSPS) is 11.3. The second kappa shape index (κ2) is 4.55. The minimum absolute atomic E-state index is 0.110. The first kappa shape index (κ1) is 11.9. The molecule has 0 aliphatic heterocycles. The first-order valence-corrected chi connectivity index (χ1v) is 6.49. The number of nitrogens with two attached hydrogens (primary N) is 1. The lowest BCUT2D eigenvalue weighted by atomic mass is 10.1. The summed E-state index contributed by atoms with van der Waals surface area (Å²) in [7, 11) is -3.13. The first-order valence-electron chi connectivity index (χ1n) is 4.43. The molecule has 0 bridgehead atoms. The molecule has 0 spiro atoms. The highest BCUT2D eigenvalue weighted by molar-refractivity contribution is 7.89. The van der Waals surface area contributed by atoms with Gasteiger partial charge >= 0.3 is 0 Å². The highest BCUT2D eigenvalue weighted by atomic mass is 32.2. The summed E-state index contributed by atoms with van der Waals surface area (Å²) in [5, 5.41) is 0. The molecule has 82 valence electrons. The molecule has 0 heterocycles. The number of ketones is 1. The molecule has 0 unspecified atom stereocenters. The third-order valence-electron chi connectivity index (χ3n) is 1.92. The van der Waals surface area contributed by atoms with Crippen LogP contribution in [0.15, 0.2) is 24.3 Å². The Morgan fingerprint density at radius 2 is 1.93 bits per heavy atom. The van der Waals surface area contributed by atoms with Crippen molar-refractivity contribution in [1.29, 1.82) is 0 Å². The summed E-state index contributed by atoms with van der Waals surface area (Å²) in [6.45, 7) is -0.110. The van der Waals surface area contributed by atoms with Gasteiger partial charge in [0.25, 0.3) is 0 Å². The Kier molecular flexibility index (Phi) is 3.60. The zero-order valence-corrected chi connectivity index (χ0v) is 9.25. The third kappa shape index (κ3) is 3.45. The molecule has 0 fully saturated rings. The standard InChI is InChI=1S/C10H13NO3S/c1-15(13,14)7-8-4-2-3-5-9(8)10(12)6-11/h2-5H,6-7,11H2,1H3. The van der Waals surface area contributed by atoms with Crippen molar-refractivity contribution in [2.24, 2.45) is 5.73 Å². The van der Waals surface area contributed by atoms with Gasteiger partial charge in [-0.3, -0.25) is 4.79 Å². The Morgan fingerprint density at radius 3 is 2.47 bits per heavy atom. The van der Waals surface area contributed by atoms with E-state index in [-0.39, 0.29) is 18.1 Å². The largest absolute Gasteiger partial charge is 0.324 e. The molecule has 0 atom stereocenters. The van der Waals surface area contributed by atoms with Crippen molar-refractivity contribution >= 4 is 15.6 Å². The molecule has 0 radical (unpaired) electrons. The van der Waals surface area contributed by atoms with Crippen molar-refractivity contribution in [3.8, 4) is 0 Å². The van der Waals surface area contributed by atoms with Crippen LogP contribution >= 0.6 is 0 Å². The second-order valence-corrected chi connectivity index (χ2v) is 5.49. The van der Waals surface area contributed by atoms with Gasteiger partial charge in [-0.25, -0.2) is 8.42 Å². The number of rotatable bonds is 4. The maximum absolute atomic E-state index is 11.4. The van der Waals surface area contributed by atoms with Crippen molar-refractivity contribution in [1.82, 2.24) is 0 Å². The van der Waals surface area contributed by atoms with Gasteiger partial charge in [-0.2, -0.15) is 0 Å². The molecule has 0 aliphatic carbocycles. The van der Waals surface area contributed by atoms with Gasteiger partial charge < -0.3 is 5.73 Å². The Hall–Kier alpha value is -1.20. The average molecular weight is 227 g/mol. The molecule has 4 nitrogen and oxygen atoms in total. The maximum Gasteiger partial charge on any atom is 0.176 e. The minimum Gasteiger partial charge on any atom is -0.324 e. The first-order chi connectivity index (χ1) is 6.94. The van der Waals surface area contributed by atoms with Crippen LogP contribution in [-0.4, -0.2) is 27.0 Å². The van der Waals surface area contributed by atoms with E-state index in [0.29, 0.717) is 11.1 Å². The van der Waals surface area contributed by atoms with Gasteiger partial charge in [0.05, 0.1) is 12.3 Å². The zero-order chi connectivity index (χ0) is 11.5. The molecular formula is C10H13NO3S. The molecule has 1 rings (SSSR count). The van der Waals surface area contributed by atoms with E-state index in [1.165, 1.54) is 0 Å². The molecule has 0 saturated carbocycles. The van der Waals surface area contributed by atoms with E-state index >= 15 is 0 Å². The maximum atomic E-state index is 11.4. The van der Waals surface area contributed by atoms with E-state index < -0.39 is 9.84 Å². The summed E-state index contributed by atoms with van der Waals surface area (Å²) >= 11 is 0. The van der Waals surface area contributed by atoms with E-state index in [4.69, 9.17) is 5.73 Å². The lowest BCUT2D eigenvalue weighted by Crippen LogP contribution is -2.16. The monoisotopic (exact) mass is 227 g/mol. The van der Waals surface area contributed by atoms with Crippen molar-refractivity contribution in [3.05, 3.63) is 35.4 Å². The lowest BCUT2D eigenvalue weighted by Gasteiger charge is -2.05. The molecule has 5 heteroatoms. The summed E-state index contributed by atoms with van der Waals surface area (Å²) in [6.07, 6.45) is 1.14. The highest BCUT2D eigenvalue weighted by Gasteiger charge is 2.12. The fourth-order valence-electron chi connectivity index (χ4n) is 1.31. The van der Waals surface area contributed by atoms with Crippen LogP contribution in [0.5, 0.6) is 0 Å². The molecule has 1 aromatic rings. The predicted octanol–water partition coefficient (Wildman–Crippen LogP) is 0.373. The molecule has 0 amide bonds. The predicted molar refractivity (Wildman–Crippen MR) is 58.4 cm³/mol. The van der Waals surface area contributed by atoms with Crippen LogP contribution in [0, 0.1) is 0 Å². The summed E-state index contributed by atoms with van der Waals surface area (Å²) in [4.78, 5) is 11.4. The van der Waals surface area contributed by atoms with Crippen molar-refractivity contribution in [3.63, 3.8) is 0 Å². The molecule has 1 aromatic carbocycles. The second-order valence-electron chi connectivity index (χ2n) is 3.35. The van der Waals surface area contributed by atoms with E-state index in [1.54, 1.807) is 24.3 Å². The van der Waals surface area contributed by atoms with Crippen molar-refractivity contribution < 1.29 is 13.2 Å². The number of hydrogen-bond acceptors (Lipinski definition) is 4. The summed E-state index contributed by atoms with van der Waals surface area (Å²) in [5.74, 6) is -0.371. The van der Waals surface area contributed by atoms with Crippen LogP contribution in [0.2, 0.25) is 0 Å². The topological polar surface area (TPSA) is 77.2 Å². The van der Waals surface area contributed by atoms with Gasteiger partial charge in [0, 0.05) is 11.8 Å². The van der Waals surface area contributed by atoms with Gasteiger partial charge in [0.15, 0.2) is 15.6 Å². The van der Waals surface area contributed by atoms with Crippen LogP contribution in [0.3, 0.4) is 0 Å². The van der Waals surface area contributed by atoms with Gasteiger partial charge in [0.2, 0.25) is 0 Å². The van der Waals surface area contributed by atoms with Crippen LogP contribution in [0.25, 0.3) is 0 Å². The van der Waals surface area contributed by atoms with E-state index in [2.05, 4.69) is 0 Å². The fourth-order valence-corrected chi connectivity index (χ4v) is 2.13. The molecule has 0 aromatic heterocycles. The van der Waals surface area contributed by atoms with Gasteiger partial charge in [-0.05, 0) is 5.56 Å². The summed E-state index contributed by atoms with van der Waals surface area (Å²) < 4.78 is 22.2. The number of carbonyl (C=O) groups excluding carboxylic acids is 1. The molecule has 0 aliphatic rings. The summed E-state index contributed by atoms with van der Waals surface area (Å²) in [5.41, 5.74) is 6.14. The number of hydrogen-bond donors (Lipinski definition) is 1. The van der Waals surface area contributed by atoms with Crippen molar-refractivity contribution in [2.45, 2.75) is 5.75 Å². The van der Waals surface area contributed by atoms with Gasteiger partial charge in [-0.15, -0.1) is 0 Å². The van der Waals surface area contributed by atoms with Crippen LogP contribution in [0.1, 0.15) is 15.9 Å². The zero-order valence-electron chi connectivity index (χ0n) is 8.43. The number of carbonyl (C=O) groups is 1. The van der Waals surface area contributed by atoms with Gasteiger partial charge in [0.1, 0.15) is 0 Å². The highest BCUT2D eigenvalue weighted by Crippen LogP contribution is 2.12. The third-order valence-corrected chi connectivity index (χ3v) is 2.76. The number of sulfone groups is 1. The Bertz CT molecular complexity index is 465. The molecule has 15 heavy (non-hydrogen) atoms.